The highest BCUT2D eigenvalue weighted by atomic mass is 19.1. The van der Waals surface area contributed by atoms with Gasteiger partial charge in [0.2, 0.25) is 0 Å². The number of nitrogens with zero attached hydrogens (tertiary/aromatic N) is 1. The minimum absolute atomic E-state index is 0.163. The zero-order chi connectivity index (χ0) is 13.0. The van der Waals surface area contributed by atoms with E-state index in [4.69, 9.17) is 0 Å². The van der Waals surface area contributed by atoms with Crippen molar-refractivity contribution in [1.29, 1.82) is 0 Å². The summed E-state index contributed by atoms with van der Waals surface area (Å²) >= 11 is 0. The van der Waals surface area contributed by atoms with Gasteiger partial charge in [0.25, 0.3) is 0 Å². The predicted molar refractivity (Wildman–Crippen MR) is 72.9 cm³/mol. The van der Waals surface area contributed by atoms with Gasteiger partial charge in [-0.3, -0.25) is 0 Å². The first-order valence-corrected chi connectivity index (χ1v) is 6.81. The highest BCUT2D eigenvalue weighted by Gasteiger charge is 2.21. The van der Waals surface area contributed by atoms with Crippen LogP contribution in [-0.4, -0.2) is 31.1 Å². The molecule has 3 heteroatoms. The van der Waals surface area contributed by atoms with E-state index in [0.29, 0.717) is 6.04 Å². The molecule has 0 bridgehead atoms. The van der Waals surface area contributed by atoms with Crippen molar-refractivity contribution in [2.75, 3.05) is 20.1 Å². The Kier molecular flexibility index (Phi) is 4.72. The van der Waals surface area contributed by atoms with Crippen molar-refractivity contribution in [1.82, 2.24) is 10.2 Å². The Morgan fingerprint density at radius 1 is 1.33 bits per heavy atom. The SMILES string of the molecule is CC1CCCNC1CN(C)Cc1ccc(F)cc1. The Bertz CT molecular complexity index is 363. The summed E-state index contributed by atoms with van der Waals surface area (Å²) in [7, 11) is 2.13. The molecule has 0 radical (unpaired) electrons. The van der Waals surface area contributed by atoms with Crippen LogP contribution < -0.4 is 5.32 Å². The lowest BCUT2D eigenvalue weighted by molar-refractivity contribution is 0.212. The molecule has 0 saturated carbocycles. The van der Waals surface area contributed by atoms with Gasteiger partial charge in [0.05, 0.1) is 0 Å². The van der Waals surface area contributed by atoms with Crippen molar-refractivity contribution in [2.24, 2.45) is 5.92 Å². The average molecular weight is 250 g/mol. The molecule has 100 valence electrons. The van der Waals surface area contributed by atoms with Gasteiger partial charge in [-0.15, -0.1) is 0 Å². The van der Waals surface area contributed by atoms with E-state index in [1.54, 1.807) is 0 Å². The van der Waals surface area contributed by atoms with Crippen LogP contribution in [0, 0.1) is 11.7 Å². The Labute approximate surface area is 109 Å². The Hall–Kier alpha value is -0.930. The van der Waals surface area contributed by atoms with E-state index in [1.165, 1.54) is 30.5 Å². The van der Waals surface area contributed by atoms with Gasteiger partial charge in [-0.05, 0) is 50.0 Å². The van der Waals surface area contributed by atoms with Crippen LogP contribution in [0.4, 0.5) is 4.39 Å². The summed E-state index contributed by atoms with van der Waals surface area (Å²) < 4.78 is 12.8. The molecule has 2 nitrogen and oxygen atoms in total. The van der Waals surface area contributed by atoms with Gasteiger partial charge in [0.15, 0.2) is 0 Å². The lowest BCUT2D eigenvalue weighted by Gasteiger charge is -2.33. The Morgan fingerprint density at radius 3 is 2.72 bits per heavy atom. The molecule has 0 aliphatic carbocycles. The number of piperidine rings is 1. The first-order chi connectivity index (χ1) is 8.65. The molecule has 2 unspecified atom stereocenters. The van der Waals surface area contributed by atoms with Crippen LogP contribution in [0.2, 0.25) is 0 Å². The molecular formula is C15H23FN2. The number of hydrogen-bond donors (Lipinski definition) is 1. The third kappa shape index (κ3) is 3.79. The third-order valence-electron chi connectivity index (χ3n) is 3.80. The summed E-state index contributed by atoms with van der Waals surface area (Å²) in [5.41, 5.74) is 1.17. The maximum atomic E-state index is 12.8. The summed E-state index contributed by atoms with van der Waals surface area (Å²) in [4.78, 5) is 2.31. The van der Waals surface area contributed by atoms with Crippen LogP contribution in [0.25, 0.3) is 0 Å². The van der Waals surface area contributed by atoms with Crippen molar-refractivity contribution in [2.45, 2.75) is 32.4 Å². The van der Waals surface area contributed by atoms with Crippen molar-refractivity contribution in [3.05, 3.63) is 35.6 Å². The molecule has 1 N–H and O–H groups in total. The van der Waals surface area contributed by atoms with E-state index in [2.05, 4.69) is 24.2 Å². The number of nitrogens with one attached hydrogen (secondary N) is 1. The van der Waals surface area contributed by atoms with Gasteiger partial charge in [-0.1, -0.05) is 19.1 Å². The monoisotopic (exact) mass is 250 g/mol. The molecule has 1 fully saturated rings. The number of benzene rings is 1. The van der Waals surface area contributed by atoms with Crippen LogP contribution in [0.1, 0.15) is 25.3 Å². The maximum absolute atomic E-state index is 12.8. The number of halogens is 1. The molecule has 0 spiro atoms. The molecule has 1 aliphatic heterocycles. The standard InChI is InChI=1S/C15H23FN2/c1-12-4-3-9-17-15(12)11-18(2)10-13-5-7-14(16)8-6-13/h5-8,12,15,17H,3-4,9-11H2,1-2H3. The molecule has 2 rings (SSSR count). The summed E-state index contributed by atoms with van der Waals surface area (Å²) in [6.07, 6.45) is 2.61. The number of likely N-dealkylation sites (N-methyl/N-ethyl adjacent to an activating group) is 1. The first kappa shape index (κ1) is 13.5. The quantitative estimate of drug-likeness (QED) is 0.883. The Balaban J connectivity index is 1.84. The van der Waals surface area contributed by atoms with Crippen molar-refractivity contribution >= 4 is 0 Å². The molecule has 0 aromatic heterocycles. The largest absolute Gasteiger partial charge is 0.312 e. The van der Waals surface area contributed by atoms with Gasteiger partial charge in [0.1, 0.15) is 5.82 Å². The van der Waals surface area contributed by atoms with Crippen LogP contribution >= 0.6 is 0 Å². The molecule has 1 aromatic carbocycles. The van der Waals surface area contributed by atoms with Gasteiger partial charge >= 0.3 is 0 Å². The van der Waals surface area contributed by atoms with Gasteiger partial charge in [-0.2, -0.15) is 0 Å². The fourth-order valence-corrected chi connectivity index (χ4v) is 2.66. The van der Waals surface area contributed by atoms with Crippen LogP contribution in [0.15, 0.2) is 24.3 Å². The average Bonchev–Trinajstić information content (AvgIpc) is 2.35. The molecule has 18 heavy (non-hydrogen) atoms. The molecule has 1 aromatic rings. The van der Waals surface area contributed by atoms with E-state index in [1.807, 2.05) is 12.1 Å². The van der Waals surface area contributed by atoms with Crippen molar-refractivity contribution in [3.63, 3.8) is 0 Å². The molecule has 2 atom stereocenters. The van der Waals surface area contributed by atoms with Crippen molar-refractivity contribution < 1.29 is 4.39 Å². The molecule has 1 heterocycles. The van der Waals surface area contributed by atoms with E-state index < -0.39 is 0 Å². The first-order valence-electron chi connectivity index (χ1n) is 6.81. The van der Waals surface area contributed by atoms with Gasteiger partial charge in [0, 0.05) is 19.1 Å². The third-order valence-corrected chi connectivity index (χ3v) is 3.80. The summed E-state index contributed by atoms with van der Waals surface area (Å²) in [6, 6.07) is 7.38. The zero-order valence-corrected chi connectivity index (χ0v) is 11.3. The lowest BCUT2D eigenvalue weighted by atomic mass is 9.92. The fourth-order valence-electron chi connectivity index (χ4n) is 2.66. The van der Waals surface area contributed by atoms with Crippen LogP contribution in [-0.2, 0) is 6.54 Å². The van der Waals surface area contributed by atoms with Gasteiger partial charge in [-0.25, -0.2) is 4.39 Å². The smallest absolute Gasteiger partial charge is 0.123 e. The fraction of sp³-hybridized carbons (Fsp3) is 0.600. The second-order valence-electron chi connectivity index (χ2n) is 5.50. The highest BCUT2D eigenvalue weighted by molar-refractivity contribution is 5.15. The molecule has 1 aliphatic rings. The van der Waals surface area contributed by atoms with E-state index in [-0.39, 0.29) is 5.82 Å². The minimum atomic E-state index is -0.163. The number of rotatable bonds is 4. The predicted octanol–water partition coefficient (Wildman–Crippen LogP) is 2.65. The lowest BCUT2D eigenvalue weighted by Crippen LogP contribution is -2.46. The number of hydrogen-bond acceptors (Lipinski definition) is 2. The highest BCUT2D eigenvalue weighted by Crippen LogP contribution is 2.16. The van der Waals surface area contributed by atoms with Crippen molar-refractivity contribution in [3.8, 4) is 0 Å². The van der Waals surface area contributed by atoms with Crippen LogP contribution in [0.3, 0.4) is 0 Å². The summed E-state index contributed by atoms with van der Waals surface area (Å²) in [6.45, 7) is 5.39. The van der Waals surface area contributed by atoms with E-state index >= 15 is 0 Å². The molecule has 0 amide bonds. The summed E-state index contributed by atoms with van der Waals surface area (Å²) in [5.74, 6) is 0.582. The normalized spacial score (nSPS) is 24.4. The second kappa shape index (κ2) is 6.30. The Morgan fingerprint density at radius 2 is 2.06 bits per heavy atom. The second-order valence-corrected chi connectivity index (χ2v) is 5.50. The minimum Gasteiger partial charge on any atom is -0.312 e. The summed E-state index contributed by atoms with van der Waals surface area (Å²) in [5, 5.41) is 3.59. The molecule has 1 saturated heterocycles. The maximum Gasteiger partial charge on any atom is 0.123 e. The zero-order valence-electron chi connectivity index (χ0n) is 11.3. The topological polar surface area (TPSA) is 15.3 Å². The molecular weight excluding hydrogens is 227 g/mol. The van der Waals surface area contributed by atoms with E-state index in [9.17, 15) is 4.39 Å². The van der Waals surface area contributed by atoms with Gasteiger partial charge < -0.3 is 10.2 Å². The van der Waals surface area contributed by atoms with E-state index in [0.717, 1.165) is 25.6 Å². The van der Waals surface area contributed by atoms with Crippen LogP contribution in [0.5, 0.6) is 0 Å².